The van der Waals surface area contributed by atoms with Crippen LogP contribution in [0.5, 0.6) is 0 Å². The van der Waals surface area contributed by atoms with Gasteiger partial charge in [0.2, 0.25) is 0 Å². The quantitative estimate of drug-likeness (QED) is 0.505. The summed E-state index contributed by atoms with van der Waals surface area (Å²) in [5, 5.41) is 10.9. The van der Waals surface area contributed by atoms with Crippen LogP contribution in [0.15, 0.2) is 33.5 Å². The molecular formula is C10H10N4O3. The highest BCUT2D eigenvalue weighted by Crippen LogP contribution is 2.25. The summed E-state index contributed by atoms with van der Waals surface area (Å²) in [5.74, 6) is -1.16. The number of allylic oxidation sites excluding steroid dienone is 1. The monoisotopic (exact) mass is 234 g/mol. The molecule has 17 heavy (non-hydrogen) atoms. The molecule has 7 nitrogen and oxygen atoms in total. The number of rotatable bonds is 2. The summed E-state index contributed by atoms with van der Waals surface area (Å²) in [6, 6.07) is 0. The Balaban J connectivity index is 2.51. The van der Waals surface area contributed by atoms with Crippen LogP contribution in [0.25, 0.3) is 0 Å². The summed E-state index contributed by atoms with van der Waals surface area (Å²) in [6.45, 7) is 0. The first-order valence-corrected chi connectivity index (χ1v) is 4.90. The Morgan fingerprint density at radius 3 is 2.76 bits per heavy atom. The number of carbonyl (C=O) groups excluding carboxylic acids is 1. The average molecular weight is 234 g/mol. The number of aliphatic imine (C=N–C) groups is 2. The van der Waals surface area contributed by atoms with E-state index in [2.05, 4.69) is 9.98 Å². The number of fused-ring (bicyclic) bond motifs is 1. The smallest absolute Gasteiger partial charge is 0.289 e. The maximum Gasteiger partial charge on any atom is 0.289 e. The predicted octanol–water partition coefficient (Wildman–Crippen LogP) is 0.232. The van der Waals surface area contributed by atoms with E-state index >= 15 is 0 Å². The van der Waals surface area contributed by atoms with Crippen LogP contribution in [0.2, 0.25) is 0 Å². The Hall–Kier alpha value is -2.31. The number of hydrogen-bond donors (Lipinski definition) is 0. The van der Waals surface area contributed by atoms with Crippen LogP contribution < -0.4 is 0 Å². The lowest BCUT2D eigenvalue weighted by molar-refractivity contribution is -0.422. The van der Waals surface area contributed by atoms with Crippen LogP contribution in [0.4, 0.5) is 0 Å². The summed E-state index contributed by atoms with van der Waals surface area (Å²) in [5.41, 5.74) is 0.816. The Kier molecular flexibility index (Phi) is 2.58. The number of hydrogen-bond acceptors (Lipinski definition) is 5. The fourth-order valence-electron chi connectivity index (χ4n) is 1.69. The average Bonchev–Trinajstić information content (AvgIpc) is 2.27. The molecule has 0 saturated heterocycles. The van der Waals surface area contributed by atoms with Gasteiger partial charge >= 0.3 is 0 Å². The van der Waals surface area contributed by atoms with Gasteiger partial charge in [-0.2, -0.15) is 0 Å². The molecule has 0 bridgehead atoms. The molecule has 0 aromatic heterocycles. The zero-order valence-electron chi connectivity index (χ0n) is 9.32. The van der Waals surface area contributed by atoms with Gasteiger partial charge in [0.1, 0.15) is 18.0 Å². The molecule has 1 heterocycles. The van der Waals surface area contributed by atoms with Crippen LogP contribution in [-0.4, -0.2) is 41.9 Å². The van der Waals surface area contributed by atoms with Crippen molar-refractivity contribution >= 4 is 18.0 Å². The van der Waals surface area contributed by atoms with E-state index in [9.17, 15) is 14.9 Å². The molecule has 1 unspecified atom stereocenters. The number of nitro groups is 1. The molecule has 0 saturated carbocycles. The second kappa shape index (κ2) is 3.93. The fourth-order valence-corrected chi connectivity index (χ4v) is 1.69. The van der Waals surface area contributed by atoms with Gasteiger partial charge < -0.3 is 4.90 Å². The molecule has 1 amide bonds. The van der Waals surface area contributed by atoms with Gasteiger partial charge in [0, 0.05) is 20.2 Å². The molecule has 1 aliphatic heterocycles. The fraction of sp³-hybridized carbons (Fsp3) is 0.300. The first kappa shape index (κ1) is 11.2. The van der Waals surface area contributed by atoms with Crippen LogP contribution >= 0.6 is 0 Å². The molecular weight excluding hydrogens is 224 g/mol. The second-order valence-corrected chi connectivity index (χ2v) is 3.85. The minimum absolute atomic E-state index is 0.0931. The molecule has 1 atom stereocenters. The van der Waals surface area contributed by atoms with Crippen LogP contribution in [0.3, 0.4) is 0 Å². The molecule has 0 spiro atoms. The van der Waals surface area contributed by atoms with E-state index in [1.54, 1.807) is 25.1 Å². The summed E-state index contributed by atoms with van der Waals surface area (Å²) < 4.78 is 0. The van der Waals surface area contributed by atoms with E-state index in [1.165, 1.54) is 12.4 Å². The Morgan fingerprint density at radius 2 is 2.18 bits per heavy atom. The normalized spacial score (nSPS) is 22.4. The molecule has 0 radical (unpaired) electrons. The molecule has 0 aromatic carbocycles. The van der Waals surface area contributed by atoms with Gasteiger partial charge in [-0.25, -0.2) is 9.98 Å². The maximum atomic E-state index is 11.5. The molecule has 2 aliphatic rings. The van der Waals surface area contributed by atoms with Crippen molar-refractivity contribution in [2.45, 2.75) is 0 Å². The highest BCUT2D eigenvalue weighted by Gasteiger charge is 2.34. The lowest BCUT2D eigenvalue weighted by Crippen LogP contribution is -2.30. The van der Waals surface area contributed by atoms with Crippen molar-refractivity contribution in [3.63, 3.8) is 0 Å². The minimum atomic E-state index is -0.732. The number of amides is 1. The molecule has 0 N–H and O–H groups in total. The van der Waals surface area contributed by atoms with Gasteiger partial charge in [-0.3, -0.25) is 14.9 Å². The number of likely N-dealkylation sites (N-methyl/N-ethyl adjacent to an activating group) is 1. The van der Waals surface area contributed by atoms with Gasteiger partial charge in [0.25, 0.3) is 11.6 Å². The van der Waals surface area contributed by atoms with Gasteiger partial charge in [0.15, 0.2) is 0 Å². The van der Waals surface area contributed by atoms with Crippen molar-refractivity contribution in [3.8, 4) is 0 Å². The van der Waals surface area contributed by atoms with Crippen molar-refractivity contribution < 1.29 is 9.72 Å². The van der Waals surface area contributed by atoms with Gasteiger partial charge in [-0.05, 0) is 6.08 Å². The van der Waals surface area contributed by atoms with Crippen LogP contribution in [-0.2, 0) is 4.79 Å². The summed E-state index contributed by atoms with van der Waals surface area (Å²) >= 11 is 0. The molecule has 7 heteroatoms. The highest BCUT2D eigenvalue weighted by atomic mass is 16.6. The third kappa shape index (κ3) is 1.86. The summed E-state index contributed by atoms with van der Waals surface area (Å²) in [4.78, 5) is 31.0. The Bertz CT molecular complexity index is 514. The van der Waals surface area contributed by atoms with Crippen molar-refractivity contribution in [3.05, 3.63) is 33.7 Å². The lowest BCUT2D eigenvalue weighted by Gasteiger charge is -2.22. The standard InChI is InChI=1S/C10H10N4O3/c1-13(2)8-4-7-6(3-9(8)14(16)17)10(15)12-5-11-7/h3-6H,1-2H3. The third-order valence-corrected chi connectivity index (χ3v) is 2.53. The molecule has 0 fully saturated rings. The van der Waals surface area contributed by atoms with Crippen molar-refractivity contribution in [2.75, 3.05) is 14.1 Å². The van der Waals surface area contributed by atoms with E-state index in [-0.39, 0.29) is 5.70 Å². The Morgan fingerprint density at radius 1 is 1.47 bits per heavy atom. The largest absolute Gasteiger partial charge is 0.372 e. The lowest BCUT2D eigenvalue weighted by atomic mass is 9.93. The summed E-state index contributed by atoms with van der Waals surface area (Å²) in [7, 11) is 3.39. The first-order chi connectivity index (χ1) is 8.00. The predicted molar refractivity (Wildman–Crippen MR) is 61.3 cm³/mol. The van der Waals surface area contributed by atoms with E-state index in [1.807, 2.05) is 0 Å². The van der Waals surface area contributed by atoms with E-state index < -0.39 is 16.7 Å². The topological polar surface area (TPSA) is 88.2 Å². The van der Waals surface area contributed by atoms with Crippen molar-refractivity contribution in [1.82, 2.24) is 4.90 Å². The molecule has 0 aromatic rings. The van der Waals surface area contributed by atoms with Crippen LogP contribution in [0.1, 0.15) is 0 Å². The van der Waals surface area contributed by atoms with Gasteiger partial charge in [0.05, 0.1) is 10.6 Å². The zero-order valence-corrected chi connectivity index (χ0v) is 9.32. The van der Waals surface area contributed by atoms with Crippen molar-refractivity contribution in [2.24, 2.45) is 15.9 Å². The summed E-state index contributed by atoms with van der Waals surface area (Å²) in [6.07, 6.45) is 4.02. The first-order valence-electron chi connectivity index (χ1n) is 4.90. The minimum Gasteiger partial charge on any atom is -0.372 e. The van der Waals surface area contributed by atoms with E-state index in [4.69, 9.17) is 0 Å². The molecule has 1 aliphatic carbocycles. The van der Waals surface area contributed by atoms with Gasteiger partial charge in [-0.1, -0.05) is 0 Å². The maximum absolute atomic E-state index is 11.5. The van der Waals surface area contributed by atoms with Crippen LogP contribution in [0, 0.1) is 16.0 Å². The number of carbonyl (C=O) groups is 1. The highest BCUT2D eigenvalue weighted by molar-refractivity contribution is 6.18. The zero-order chi connectivity index (χ0) is 12.6. The van der Waals surface area contributed by atoms with E-state index in [0.29, 0.717) is 11.4 Å². The third-order valence-electron chi connectivity index (χ3n) is 2.53. The Labute approximate surface area is 97.0 Å². The molecule has 2 rings (SSSR count). The second-order valence-electron chi connectivity index (χ2n) is 3.85. The SMILES string of the molecule is CN(C)C1=CC2=NC=NC(=O)C2C=C1[N+](=O)[O-]. The molecule has 88 valence electrons. The van der Waals surface area contributed by atoms with Crippen molar-refractivity contribution in [1.29, 1.82) is 0 Å². The number of nitrogens with zero attached hydrogens (tertiary/aromatic N) is 4. The van der Waals surface area contributed by atoms with Gasteiger partial charge in [-0.15, -0.1) is 0 Å². The van der Waals surface area contributed by atoms with E-state index in [0.717, 1.165) is 0 Å².